The van der Waals surface area contributed by atoms with E-state index >= 15 is 0 Å². The normalized spacial score (nSPS) is 16.6. The van der Waals surface area contributed by atoms with Gasteiger partial charge in [-0.3, -0.25) is 9.59 Å². The topological polar surface area (TPSA) is 61.9 Å². The summed E-state index contributed by atoms with van der Waals surface area (Å²) in [4.78, 5) is 27.3. The highest BCUT2D eigenvalue weighted by atomic mass is 32.2. The minimum Gasteiger partial charge on any atom is -0.382 e. The molecular weight excluding hydrogens is 596 g/mol. The summed E-state index contributed by atoms with van der Waals surface area (Å²) in [6.45, 7) is 1.69. The standard InChI is InChI=1S/C30H31F6N3O3S/c1-42-19-26(41)39-16-12-21(13-17-39)37-22-6-5-7-23(18-22)43-24-10-8-20(9-11-25(40)38-14-3-2-4-15-38)27(29(31,32)33)28(24)30(34,35)36/h2-3,5-11,18,21,37H,4,12-17,19H2,1H3. The summed E-state index contributed by atoms with van der Waals surface area (Å²) in [5, 5.41) is 3.31. The molecule has 2 aromatic carbocycles. The molecule has 0 aromatic heterocycles. The number of carbonyl (C=O) groups excluding carboxylic acids is 2. The van der Waals surface area contributed by atoms with Crippen molar-refractivity contribution in [1.29, 1.82) is 0 Å². The van der Waals surface area contributed by atoms with Crippen molar-refractivity contribution in [3.63, 3.8) is 0 Å². The lowest BCUT2D eigenvalue weighted by atomic mass is 9.99. The summed E-state index contributed by atoms with van der Waals surface area (Å²) in [5.41, 5.74) is -3.78. The molecule has 4 rings (SSSR count). The third kappa shape index (κ3) is 8.56. The van der Waals surface area contributed by atoms with Crippen LogP contribution in [0.2, 0.25) is 0 Å². The second-order valence-electron chi connectivity index (χ2n) is 10.1. The molecule has 1 N–H and O–H groups in total. The van der Waals surface area contributed by atoms with Gasteiger partial charge in [-0.05, 0) is 55.2 Å². The highest BCUT2D eigenvalue weighted by molar-refractivity contribution is 7.99. The van der Waals surface area contributed by atoms with Crippen LogP contribution >= 0.6 is 11.8 Å². The average Bonchev–Trinajstić information content (AvgIpc) is 2.96. The van der Waals surface area contributed by atoms with Gasteiger partial charge in [-0.15, -0.1) is 0 Å². The summed E-state index contributed by atoms with van der Waals surface area (Å²) >= 11 is 0.579. The second kappa shape index (κ2) is 13.9. The quantitative estimate of drug-likeness (QED) is 0.200. The third-order valence-electron chi connectivity index (χ3n) is 7.09. The second-order valence-corrected chi connectivity index (χ2v) is 11.3. The Morgan fingerprint density at radius 2 is 1.70 bits per heavy atom. The number of piperidine rings is 1. The van der Waals surface area contributed by atoms with Crippen LogP contribution in [0.3, 0.4) is 0 Å². The molecule has 0 spiro atoms. The highest BCUT2D eigenvalue weighted by Gasteiger charge is 2.46. The Hall–Kier alpha value is -3.45. The first kappa shape index (κ1) is 32.5. The zero-order valence-electron chi connectivity index (χ0n) is 23.3. The number of likely N-dealkylation sites (tertiary alicyclic amines) is 1. The van der Waals surface area contributed by atoms with Gasteiger partial charge in [0, 0.05) is 60.9 Å². The van der Waals surface area contributed by atoms with Crippen molar-refractivity contribution in [3.05, 3.63) is 71.3 Å². The largest absolute Gasteiger partial charge is 0.418 e. The van der Waals surface area contributed by atoms with E-state index in [-0.39, 0.29) is 25.1 Å². The van der Waals surface area contributed by atoms with Crippen LogP contribution in [0.5, 0.6) is 0 Å². The number of methoxy groups -OCH3 is 1. The van der Waals surface area contributed by atoms with Gasteiger partial charge in [0.05, 0.1) is 11.1 Å². The molecule has 0 bridgehead atoms. The van der Waals surface area contributed by atoms with Crippen LogP contribution in [-0.2, 0) is 26.7 Å². The Balaban J connectivity index is 1.56. The summed E-state index contributed by atoms with van der Waals surface area (Å²) in [6.07, 6.45) is -3.49. The first-order valence-corrected chi connectivity index (χ1v) is 14.4. The highest BCUT2D eigenvalue weighted by Crippen LogP contribution is 2.48. The molecule has 232 valence electrons. The predicted octanol–water partition coefficient (Wildman–Crippen LogP) is 6.73. The predicted molar refractivity (Wildman–Crippen MR) is 151 cm³/mol. The maximum atomic E-state index is 14.3. The van der Waals surface area contributed by atoms with Gasteiger partial charge in [0.15, 0.2) is 0 Å². The van der Waals surface area contributed by atoms with Crippen LogP contribution in [0.25, 0.3) is 6.08 Å². The van der Waals surface area contributed by atoms with Gasteiger partial charge in [0.2, 0.25) is 11.8 Å². The van der Waals surface area contributed by atoms with Crippen LogP contribution in [0.15, 0.2) is 64.4 Å². The molecule has 0 unspecified atom stereocenters. The van der Waals surface area contributed by atoms with Crippen LogP contribution in [-0.4, -0.2) is 67.6 Å². The number of nitrogens with one attached hydrogen (secondary N) is 1. The van der Waals surface area contributed by atoms with Gasteiger partial charge in [0.1, 0.15) is 6.61 Å². The summed E-state index contributed by atoms with van der Waals surface area (Å²) in [7, 11) is 1.45. The molecule has 1 saturated heterocycles. The smallest absolute Gasteiger partial charge is 0.382 e. The molecule has 2 aliphatic heterocycles. The molecule has 0 saturated carbocycles. The molecule has 2 amide bonds. The Morgan fingerprint density at radius 3 is 2.33 bits per heavy atom. The van der Waals surface area contributed by atoms with E-state index in [0.29, 0.717) is 61.2 Å². The van der Waals surface area contributed by atoms with E-state index < -0.39 is 39.8 Å². The zero-order valence-corrected chi connectivity index (χ0v) is 24.1. The number of ether oxygens (including phenoxy) is 1. The van der Waals surface area contributed by atoms with Crippen LogP contribution in [0, 0.1) is 0 Å². The minimum absolute atomic E-state index is 0.000852. The van der Waals surface area contributed by atoms with Crippen LogP contribution in [0.4, 0.5) is 32.0 Å². The SMILES string of the molecule is COCC(=O)N1CCC(Nc2cccc(Sc3ccc(C=CC(=O)N4CC=CCC4)c(C(F)(F)F)c3C(F)(F)F)c2)CC1. The first-order chi connectivity index (χ1) is 20.4. The lowest BCUT2D eigenvalue weighted by molar-refractivity contribution is -0.163. The number of amides is 2. The number of rotatable bonds is 8. The van der Waals surface area contributed by atoms with Crippen molar-refractivity contribution in [2.75, 3.05) is 45.2 Å². The first-order valence-electron chi connectivity index (χ1n) is 13.6. The molecule has 6 nitrogen and oxygen atoms in total. The fraction of sp³-hybridized carbons (Fsp3) is 0.400. The monoisotopic (exact) mass is 627 g/mol. The zero-order chi connectivity index (χ0) is 31.2. The van der Waals surface area contributed by atoms with E-state index in [4.69, 9.17) is 4.74 Å². The lowest BCUT2D eigenvalue weighted by Gasteiger charge is -2.32. The number of hydrogen-bond donors (Lipinski definition) is 1. The van der Waals surface area contributed by atoms with Gasteiger partial charge in [-0.1, -0.05) is 36.0 Å². The molecule has 43 heavy (non-hydrogen) atoms. The van der Waals surface area contributed by atoms with Gasteiger partial charge in [-0.25, -0.2) is 0 Å². The number of alkyl halides is 6. The molecule has 0 radical (unpaired) electrons. The summed E-state index contributed by atoms with van der Waals surface area (Å²) in [5.74, 6) is -0.688. The Bertz CT molecular complexity index is 1370. The van der Waals surface area contributed by atoms with E-state index in [1.54, 1.807) is 29.2 Å². The fourth-order valence-electron chi connectivity index (χ4n) is 5.02. The maximum Gasteiger partial charge on any atom is 0.418 e. The van der Waals surface area contributed by atoms with Crippen molar-refractivity contribution < 1.29 is 40.7 Å². The minimum atomic E-state index is -5.33. The summed E-state index contributed by atoms with van der Waals surface area (Å²) in [6, 6.07) is 8.41. The van der Waals surface area contributed by atoms with E-state index in [1.807, 2.05) is 6.08 Å². The Labute approximate surface area is 249 Å². The molecule has 0 atom stereocenters. The molecule has 2 heterocycles. The van der Waals surface area contributed by atoms with Crippen molar-refractivity contribution in [2.24, 2.45) is 0 Å². The van der Waals surface area contributed by atoms with Crippen LogP contribution in [0.1, 0.15) is 36.0 Å². The summed E-state index contributed by atoms with van der Waals surface area (Å²) < 4.78 is 90.3. The Morgan fingerprint density at radius 1 is 0.977 bits per heavy atom. The number of carbonyl (C=O) groups is 2. The number of nitrogens with zero attached hydrogens (tertiary/aromatic N) is 2. The van der Waals surface area contributed by atoms with E-state index in [9.17, 15) is 35.9 Å². The number of halogens is 6. The third-order valence-corrected chi connectivity index (χ3v) is 8.14. The average molecular weight is 628 g/mol. The van der Waals surface area contributed by atoms with Gasteiger partial charge < -0.3 is 19.9 Å². The van der Waals surface area contributed by atoms with E-state index in [0.717, 1.165) is 24.3 Å². The molecule has 2 aromatic rings. The fourth-order valence-corrected chi connectivity index (χ4v) is 6.06. The molecule has 13 heteroatoms. The van der Waals surface area contributed by atoms with E-state index in [2.05, 4.69) is 5.32 Å². The van der Waals surface area contributed by atoms with Crippen molar-refractivity contribution >= 4 is 35.3 Å². The van der Waals surface area contributed by atoms with Crippen LogP contribution < -0.4 is 5.32 Å². The molecular formula is C30H31F6N3O3S. The van der Waals surface area contributed by atoms with Gasteiger partial charge in [-0.2, -0.15) is 26.3 Å². The number of benzene rings is 2. The molecule has 2 aliphatic rings. The van der Waals surface area contributed by atoms with Crippen molar-refractivity contribution in [3.8, 4) is 0 Å². The Kier molecular flexibility index (Phi) is 10.5. The lowest BCUT2D eigenvalue weighted by Crippen LogP contribution is -2.43. The van der Waals surface area contributed by atoms with Crippen molar-refractivity contribution in [1.82, 2.24) is 9.80 Å². The van der Waals surface area contributed by atoms with Gasteiger partial charge >= 0.3 is 12.4 Å². The molecule has 1 fully saturated rings. The molecule has 0 aliphatic carbocycles. The van der Waals surface area contributed by atoms with Crippen molar-refractivity contribution in [2.45, 2.75) is 47.4 Å². The van der Waals surface area contributed by atoms with E-state index in [1.165, 1.54) is 18.1 Å². The number of hydrogen-bond acceptors (Lipinski definition) is 5. The maximum absolute atomic E-state index is 14.3. The number of anilines is 1. The van der Waals surface area contributed by atoms with Gasteiger partial charge in [0.25, 0.3) is 0 Å².